The first-order chi connectivity index (χ1) is 4.70. The van der Waals surface area contributed by atoms with E-state index >= 15 is 0 Å². The second-order valence-electron chi connectivity index (χ2n) is 1.79. The number of H-pyrrole nitrogens is 1. The zero-order chi connectivity index (χ0) is 7.98. The Kier molecular flexibility index (Phi) is 5.45. The van der Waals surface area contributed by atoms with Crippen LogP contribution in [0.3, 0.4) is 0 Å². The summed E-state index contributed by atoms with van der Waals surface area (Å²) in [6.07, 6.45) is 0. The third-order valence-corrected chi connectivity index (χ3v) is 0.834. The topological polar surface area (TPSA) is 28.7 Å². The zero-order valence-corrected chi connectivity index (χ0v) is 7.50. The van der Waals surface area contributed by atoms with Crippen molar-refractivity contribution in [2.24, 2.45) is 0 Å². The van der Waals surface area contributed by atoms with E-state index in [2.05, 4.69) is 10.2 Å². The smallest absolute Gasteiger partial charge is 0.0967 e. The molecule has 1 rings (SSSR count). The van der Waals surface area contributed by atoms with E-state index in [4.69, 9.17) is 23.2 Å². The highest BCUT2D eigenvalue weighted by Crippen LogP contribution is 1.92. The molecule has 0 aliphatic carbocycles. The lowest BCUT2D eigenvalue weighted by Gasteiger charge is -1.68. The molecule has 0 radical (unpaired) electrons. The molecular formula is C6H10Cl2N2. The summed E-state index contributed by atoms with van der Waals surface area (Å²) in [7, 11) is 0. The summed E-state index contributed by atoms with van der Waals surface area (Å²) in [6.45, 7) is 3.95. The first-order valence-corrected chi connectivity index (χ1v) is 3.88. The van der Waals surface area contributed by atoms with Gasteiger partial charge in [0.1, 0.15) is 0 Å². The maximum absolute atomic E-state index is 4.76. The van der Waals surface area contributed by atoms with E-state index in [1.165, 1.54) is 0 Å². The van der Waals surface area contributed by atoms with Crippen LogP contribution in [0.1, 0.15) is 11.4 Å². The minimum Gasteiger partial charge on any atom is -0.283 e. The van der Waals surface area contributed by atoms with Crippen LogP contribution in [0.2, 0.25) is 0 Å². The molecule has 1 N–H and O–H groups in total. The van der Waals surface area contributed by atoms with E-state index in [1.54, 1.807) is 0 Å². The van der Waals surface area contributed by atoms with Gasteiger partial charge >= 0.3 is 0 Å². The number of nitrogens with one attached hydrogen (secondary N) is 1. The summed E-state index contributed by atoms with van der Waals surface area (Å²) in [5.74, 6) is 0. The molecule has 10 heavy (non-hydrogen) atoms. The highest BCUT2D eigenvalue weighted by Gasteiger charge is 1.84. The number of aromatic nitrogens is 2. The van der Waals surface area contributed by atoms with Gasteiger partial charge in [0.2, 0.25) is 0 Å². The number of aromatic amines is 1. The van der Waals surface area contributed by atoms with Gasteiger partial charge in [-0.3, -0.25) is 5.10 Å². The van der Waals surface area contributed by atoms with Gasteiger partial charge in [0.25, 0.3) is 0 Å². The van der Waals surface area contributed by atoms with Crippen LogP contribution in [-0.2, 0) is 0 Å². The van der Waals surface area contributed by atoms with Crippen LogP contribution >= 0.6 is 23.2 Å². The molecule has 1 aromatic rings. The molecule has 0 aliphatic rings. The quantitative estimate of drug-likeness (QED) is 0.611. The summed E-state index contributed by atoms with van der Waals surface area (Å²) in [6, 6.07) is 2.00. The third-order valence-electron chi connectivity index (χ3n) is 0.834. The third kappa shape index (κ3) is 4.65. The van der Waals surface area contributed by atoms with Crippen LogP contribution in [0.25, 0.3) is 0 Å². The molecule has 0 atom stereocenters. The van der Waals surface area contributed by atoms with E-state index in [9.17, 15) is 0 Å². The van der Waals surface area contributed by atoms with Gasteiger partial charge in [0.05, 0.1) is 11.0 Å². The van der Waals surface area contributed by atoms with Gasteiger partial charge in [-0.15, -0.1) is 23.2 Å². The molecule has 58 valence electrons. The molecule has 0 aromatic carbocycles. The Hall–Kier alpha value is -0.210. The SMILES string of the molecule is Cc1cc(C)[nH]n1.ClCCl. The van der Waals surface area contributed by atoms with Crippen molar-refractivity contribution in [1.29, 1.82) is 0 Å². The Morgan fingerprint density at radius 1 is 1.50 bits per heavy atom. The molecule has 0 fully saturated rings. The first-order valence-electron chi connectivity index (χ1n) is 2.81. The highest BCUT2D eigenvalue weighted by atomic mass is 35.5. The lowest BCUT2D eigenvalue weighted by Crippen LogP contribution is -1.68. The van der Waals surface area contributed by atoms with Gasteiger partial charge in [-0.2, -0.15) is 5.10 Å². The summed E-state index contributed by atoms with van der Waals surface area (Å²) >= 11 is 9.53. The van der Waals surface area contributed by atoms with Crippen molar-refractivity contribution in [3.8, 4) is 0 Å². The van der Waals surface area contributed by atoms with E-state index in [0.717, 1.165) is 11.4 Å². The summed E-state index contributed by atoms with van der Waals surface area (Å²) in [5, 5.41) is 6.90. The fourth-order valence-corrected chi connectivity index (χ4v) is 0.554. The molecule has 0 unspecified atom stereocenters. The number of alkyl halides is 2. The fourth-order valence-electron chi connectivity index (χ4n) is 0.554. The van der Waals surface area contributed by atoms with Crippen LogP contribution in [0.5, 0.6) is 0 Å². The Morgan fingerprint density at radius 3 is 2.10 bits per heavy atom. The predicted molar refractivity (Wildman–Crippen MR) is 44.6 cm³/mol. The molecule has 0 amide bonds. The van der Waals surface area contributed by atoms with Crippen LogP contribution in [-0.4, -0.2) is 15.5 Å². The van der Waals surface area contributed by atoms with E-state index in [-0.39, 0.29) is 5.34 Å². The van der Waals surface area contributed by atoms with Gasteiger partial charge in [-0.25, -0.2) is 0 Å². The molecule has 1 aromatic heterocycles. The van der Waals surface area contributed by atoms with E-state index < -0.39 is 0 Å². The number of rotatable bonds is 0. The largest absolute Gasteiger partial charge is 0.283 e. The fraction of sp³-hybridized carbons (Fsp3) is 0.500. The van der Waals surface area contributed by atoms with Gasteiger partial charge in [-0.1, -0.05) is 0 Å². The van der Waals surface area contributed by atoms with Crippen molar-refractivity contribution < 1.29 is 0 Å². The summed E-state index contributed by atoms with van der Waals surface area (Å²) in [4.78, 5) is 0. The standard InChI is InChI=1S/C5H8N2.CH2Cl2/c1-4-3-5(2)7-6-4;2-1-3/h3H,1-2H3,(H,6,7);1H2. The van der Waals surface area contributed by atoms with Gasteiger partial charge in [0, 0.05) is 5.69 Å². The maximum Gasteiger partial charge on any atom is 0.0967 e. The Morgan fingerprint density at radius 2 is 2.00 bits per heavy atom. The number of aryl methyl sites for hydroxylation is 2. The maximum atomic E-state index is 4.76. The second-order valence-corrected chi connectivity index (χ2v) is 2.60. The lowest BCUT2D eigenvalue weighted by atomic mass is 10.4. The molecule has 4 heteroatoms. The normalized spacial score (nSPS) is 8.40. The number of hydrogen-bond donors (Lipinski definition) is 1. The summed E-state index contributed by atoms with van der Waals surface area (Å²) < 4.78 is 0. The van der Waals surface area contributed by atoms with Crippen LogP contribution < -0.4 is 0 Å². The Labute approximate surface area is 70.5 Å². The first kappa shape index (κ1) is 9.79. The minimum atomic E-state index is 0.194. The van der Waals surface area contributed by atoms with Crippen molar-refractivity contribution in [3.63, 3.8) is 0 Å². The predicted octanol–water partition coefficient (Wildman–Crippen LogP) is 2.45. The molecule has 1 heterocycles. The van der Waals surface area contributed by atoms with Crippen molar-refractivity contribution in [2.75, 3.05) is 5.34 Å². The number of hydrogen-bond acceptors (Lipinski definition) is 1. The van der Waals surface area contributed by atoms with Gasteiger partial charge < -0.3 is 0 Å². The molecule has 0 saturated heterocycles. The van der Waals surface area contributed by atoms with Gasteiger partial charge in [-0.05, 0) is 19.9 Å². The average Bonchev–Trinajstić information content (AvgIpc) is 2.17. The van der Waals surface area contributed by atoms with Crippen molar-refractivity contribution in [2.45, 2.75) is 13.8 Å². The average molecular weight is 181 g/mol. The van der Waals surface area contributed by atoms with Crippen molar-refractivity contribution >= 4 is 23.2 Å². The van der Waals surface area contributed by atoms with Crippen molar-refractivity contribution in [3.05, 3.63) is 17.5 Å². The monoisotopic (exact) mass is 180 g/mol. The summed E-state index contributed by atoms with van der Waals surface area (Å²) in [5.41, 5.74) is 2.18. The molecule has 0 spiro atoms. The molecule has 0 bridgehead atoms. The van der Waals surface area contributed by atoms with E-state index in [0.29, 0.717) is 0 Å². The van der Waals surface area contributed by atoms with Crippen LogP contribution in [0.15, 0.2) is 6.07 Å². The molecule has 2 nitrogen and oxygen atoms in total. The highest BCUT2D eigenvalue weighted by molar-refractivity contribution is 6.40. The number of halogens is 2. The number of nitrogens with zero attached hydrogens (tertiary/aromatic N) is 1. The van der Waals surface area contributed by atoms with E-state index in [1.807, 2.05) is 19.9 Å². The Bertz CT molecular complexity index is 158. The zero-order valence-electron chi connectivity index (χ0n) is 5.99. The minimum absolute atomic E-state index is 0.194. The second kappa shape index (κ2) is 5.57. The lowest BCUT2D eigenvalue weighted by molar-refractivity contribution is 1.02. The molecular weight excluding hydrogens is 171 g/mol. The van der Waals surface area contributed by atoms with Crippen LogP contribution in [0, 0.1) is 13.8 Å². The molecule has 0 aliphatic heterocycles. The van der Waals surface area contributed by atoms with Crippen LogP contribution in [0.4, 0.5) is 0 Å². The van der Waals surface area contributed by atoms with Crippen molar-refractivity contribution in [1.82, 2.24) is 10.2 Å². The molecule has 0 saturated carbocycles. The Balaban J connectivity index is 0.000000236. The van der Waals surface area contributed by atoms with Gasteiger partial charge in [0.15, 0.2) is 0 Å².